The van der Waals surface area contributed by atoms with E-state index in [0.29, 0.717) is 26.1 Å². The summed E-state index contributed by atoms with van der Waals surface area (Å²) in [5, 5.41) is -0.0287. The molecule has 48 heavy (non-hydrogen) atoms. The van der Waals surface area contributed by atoms with Crippen LogP contribution in [0.3, 0.4) is 0 Å². The van der Waals surface area contributed by atoms with E-state index in [1.165, 1.54) is 0 Å². The molecule has 3 rings (SSSR count). The SMILES string of the molecule is C=C[C@@H]1O[C@H](c2ccccc2)O[C@]1(C)CC[C@H](CC(=O)O[C@H](/C(C)=C/COCc1ccc(OC)cc1)[C@@H](C)C=C)O[Si](C)(C)C(C)(C)C. The quantitative estimate of drug-likeness (QED) is 0.0673. The van der Waals surface area contributed by atoms with Crippen LogP contribution in [0, 0.1) is 5.92 Å². The van der Waals surface area contributed by atoms with E-state index in [1.807, 2.05) is 80.6 Å². The van der Waals surface area contributed by atoms with Gasteiger partial charge in [0.05, 0.1) is 38.4 Å². The molecular weight excluding hydrogens is 621 g/mol. The summed E-state index contributed by atoms with van der Waals surface area (Å²) in [7, 11) is -0.577. The first-order chi connectivity index (χ1) is 22.6. The maximum Gasteiger partial charge on any atom is 0.308 e. The molecule has 1 aliphatic heterocycles. The predicted molar refractivity (Wildman–Crippen MR) is 195 cm³/mol. The molecule has 6 atom stereocenters. The first kappa shape index (κ1) is 39.4. The van der Waals surface area contributed by atoms with E-state index in [-0.39, 0.29) is 35.6 Å². The zero-order valence-corrected chi connectivity index (χ0v) is 31.6. The smallest absolute Gasteiger partial charge is 0.308 e. The summed E-state index contributed by atoms with van der Waals surface area (Å²) in [6.45, 7) is 25.9. The molecule has 1 heterocycles. The molecule has 8 heteroatoms. The van der Waals surface area contributed by atoms with Gasteiger partial charge in [-0.25, -0.2) is 0 Å². The van der Waals surface area contributed by atoms with Gasteiger partial charge in [-0.1, -0.05) is 88.4 Å². The number of esters is 1. The zero-order chi connectivity index (χ0) is 35.5. The van der Waals surface area contributed by atoms with E-state index in [2.05, 4.69) is 53.9 Å². The summed E-state index contributed by atoms with van der Waals surface area (Å²) in [5.41, 5.74) is 2.29. The van der Waals surface area contributed by atoms with Crippen LogP contribution in [0.5, 0.6) is 5.75 Å². The Labute approximate surface area is 290 Å². The lowest BCUT2D eigenvalue weighted by Gasteiger charge is -2.40. The molecule has 0 bridgehead atoms. The molecule has 1 saturated heterocycles. The largest absolute Gasteiger partial charge is 0.497 e. The van der Waals surface area contributed by atoms with Gasteiger partial charge < -0.3 is 28.1 Å². The fourth-order valence-electron chi connectivity index (χ4n) is 5.44. The van der Waals surface area contributed by atoms with Gasteiger partial charge in [-0.3, -0.25) is 4.79 Å². The van der Waals surface area contributed by atoms with Gasteiger partial charge in [0, 0.05) is 11.5 Å². The van der Waals surface area contributed by atoms with Crippen LogP contribution in [0.4, 0.5) is 0 Å². The standard InChI is InChI=1S/C40H58O7Si/c1-12-29(3)37(30(4)24-26-43-28-31-19-21-33(42-9)22-20-31)45-36(41)27-34(47-48(10,11)39(5,6)7)23-25-40(8)35(13-2)44-38(46-40)32-17-15-14-16-18-32/h12-22,24,29,34-35,37-38H,1-2,23,25-28H2,3-11H3/b30-24+/t29-,34+,35-,37-,38-,40+/m0/s1. The Bertz CT molecular complexity index is 1350. The van der Waals surface area contributed by atoms with E-state index < -0.39 is 26.3 Å². The number of carbonyl (C=O) groups excluding carboxylic acids is 1. The molecule has 7 nitrogen and oxygen atoms in total. The van der Waals surface area contributed by atoms with Gasteiger partial charge in [-0.2, -0.15) is 0 Å². The van der Waals surface area contributed by atoms with Crippen molar-refractivity contribution in [1.82, 2.24) is 0 Å². The van der Waals surface area contributed by atoms with Crippen molar-refractivity contribution >= 4 is 14.3 Å². The Morgan fingerprint density at radius 1 is 1.08 bits per heavy atom. The molecule has 0 unspecified atom stereocenters. The van der Waals surface area contributed by atoms with E-state index in [1.54, 1.807) is 13.2 Å². The van der Waals surface area contributed by atoms with Gasteiger partial charge in [0.25, 0.3) is 0 Å². The molecule has 1 fully saturated rings. The highest BCUT2D eigenvalue weighted by Crippen LogP contribution is 2.43. The van der Waals surface area contributed by atoms with Gasteiger partial charge in [-0.05, 0) is 68.1 Å². The summed E-state index contributed by atoms with van der Waals surface area (Å²) in [6, 6.07) is 17.7. The maximum atomic E-state index is 13.7. The summed E-state index contributed by atoms with van der Waals surface area (Å²) >= 11 is 0. The molecule has 2 aromatic carbocycles. The van der Waals surface area contributed by atoms with Crippen molar-refractivity contribution < 1.29 is 32.9 Å². The van der Waals surface area contributed by atoms with Crippen molar-refractivity contribution in [2.75, 3.05) is 13.7 Å². The summed E-state index contributed by atoms with van der Waals surface area (Å²) < 4.78 is 37.0. The minimum atomic E-state index is -2.22. The predicted octanol–water partition coefficient (Wildman–Crippen LogP) is 9.51. The maximum absolute atomic E-state index is 13.7. The summed E-state index contributed by atoms with van der Waals surface area (Å²) in [5.74, 6) is 0.417. The molecule has 0 radical (unpaired) electrons. The highest BCUT2D eigenvalue weighted by atomic mass is 28.4. The molecule has 2 aromatic rings. The molecule has 0 aromatic heterocycles. The van der Waals surface area contributed by atoms with Gasteiger partial charge in [0.15, 0.2) is 14.6 Å². The Kier molecular flexibility index (Phi) is 14.4. The number of benzene rings is 2. The highest BCUT2D eigenvalue weighted by molar-refractivity contribution is 6.74. The Morgan fingerprint density at radius 2 is 1.75 bits per heavy atom. The topological polar surface area (TPSA) is 72.5 Å². The lowest BCUT2D eigenvalue weighted by molar-refractivity contribution is -0.151. The normalized spacial score (nSPS) is 22.1. The summed E-state index contributed by atoms with van der Waals surface area (Å²) in [6.07, 6.45) is 5.34. The van der Waals surface area contributed by atoms with Crippen LogP contribution >= 0.6 is 0 Å². The highest BCUT2D eigenvalue weighted by Gasteiger charge is 2.46. The monoisotopic (exact) mass is 678 g/mol. The van der Waals surface area contributed by atoms with E-state index in [0.717, 1.165) is 22.4 Å². The van der Waals surface area contributed by atoms with Crippen LogP contribution in [0.2, 0.25) is 18.1 Å². The number of methoxy groups -OCH3 is 1. The number of hydrogen-bond acceptors (Lipinski definition) is 7. The number of rotatable bonds is 18. The van der Waals surface area contributed by atoms with E-state index in [9.17, 15) is 4.79 Å². The average Bonchev–Trinajstić information content (AvgIpc) is 3.40. The van der Waals surface area contributed by atoms with Crippen molar-refractivity contribution in [3.05, 3.63) is 103 Å². The van der Waals surface area contributed by atoms with E-state index >= 15 is 0 Å². The molecule has 0 aliphatic carbocycles. The summed E-state index contributed by atoms with van der Waals surface area (Å²) in [4.78, 5) is 13.7. The second-order valence-electron chi connectivity index (χ2n) is 14.5. The Morgan fingerprint density at radius 3 is 2.33 bits per heavy atom. The van der Waals surface area contributed by atoms with Crippen LogP contribution in [0.25, 0.3) is 0 Å². The molecule has 0 spiro atoms. The van der Waals surface area contributed by atoms with Crippen molar-refractivity contribution in [1.29, 1.82) is 0 Å². The lowest BCUT2D eigenvalue weighted by atomic mass is 9.91. The third kappa shape index (κ3) is 11.0. The van der Waals surface area contributed by atoms with Gasteiger partial charge in [0.2, 0.25) is 0 Å². The van der Waals surface area contributed by atoms with Crippen LogP contribution < -0.4 is 4.74 Å². The zero-order valence-electron chi connectivity index (χ0n) is 30.6. The third-order valence-electron chi connectivity index (χ3n) is 9.67. The average molecular weight is 679 g/mol. The lowest BCUT2D eigenvalue weighted by Crippen LogP contribution is -2.45. The fraction of sp³-hybridized carbons (Fsp3) is 0.525. The second kappa shape index (κ2) is 17.6. The minimum absolute atomic E-state index is 0.0287. The van der Waals surface area contributed by atoms with Crippen molar-refractivity contribution in [3.8, 4) is 5.75 Å². The van der Waals surface area contributed by atoms with Crippen molar-refractivity contribution in [2.24, 2.45) is 5.92 Å². The fourth-order valence-corrected chi connectivity index (χ4v) is 6.83. The number of carbonyl (C=O) groups is 1. The second-order valence-corrected chi connectivity index (χ2v) is 19.3. The number of hydrogen-bond donors (Lipinski definition) is 0. The first-order valence-corrected chi connectivity index (χ1v) is 19.9. The van der Waals surface area contributed by atoms with Gasteiger partial charge >= 0.3 is 5.97 Å². The van der Waals surface area contributed by atoms with Crippen LogP contribution in [-0.4, -0.2) is 51.9 Å². The van der Waals surface area contributed by atoms with Crippen LogP contribution in [-0.2, 0) is 34.8 Å². The number of ether oxygens (including phenoxy) is 5. The Balaban J connectivity index is 1.70. The van der Waals surface area contributed by atoms with Crippen LogP contribution in [0.15, 0.2) is 91.6 Å². The molecule has 1 aliphatic rings. The van der Waals surface area contributed by atoms with Gasteiger partial charge in [-0.15, -0.1) is 13.2 Å². The molecule has 0 N–H and O–H groups in total. The van der Waals surface area contributed by atoms with Crippen molar-refractivity contribution in [2.45, 2.75) is 116 Å². The third-order valence-corrected chi connectivity index (χ3v) is 14.2. The first-order valence-electron chi connectivity index (χ1n) is 17.0. The Hall–Kier alpha value is -3.01. The van der Waals surface area contributed by atoms with Crippen LogP contribution in [0.1, 0.15) is 78.2 Å². The van der Waals surface area contributed by atoms with Crippen molar-refractivity contribution in [3.63, 3.8) is 0 Å². The molecule has 0 amide bonds. The minimum Gasteiger partial charge on any atom is -0.497 e. The van der Waals surface area contributed by atoms with E-state index in [4.69, 9.17) is 28.1 Å². The molecule has 264 valence electrons. The molecule has 0 saturated carbocycles. The van der Waals surface area contributed by atoms with Gasteiger partial charge in [0.1, 0.15) is 18.0 Å². The molecular formula is C40H58O7Si.